The molecule has 0 unspecified atom stereocenters. The van der Waals surface area contributed by atoms with Crippen LogP contribution in [0.5, 0.6) is 17.2 Å². The molecular formula is C17H20N2O5S. The fraction of sp³-hybridized carbons (Fsp3) is 0.235. The number of hydrogen-bond acceptors (Lipinski definition) is 7. The lowest BCUT2D eigenvalue weighted by molar-refractivity contribution is 0.392. The Bertz CT molecular complexity index is 856. The number of anilines is 1. The SMILES string of the molecule is COc1cc(CS(=O)(=O)/C=C/c2c(OC)cccc2OC)cnc1N. The predicted octanol–water partition coefficient (Wildman–Crippen LogP) is 2.28. The zero-order valence-corrected chi connectivity index (χ0v) is 15.0. The number of ether oxygens (including phenoxy) is 3. The van der Waals surface area contributed by atoms with Gasteiger partial charge in [0.25, 0.3) is 0 Å². The highest BCUT2D eigenvalue weighted by Gasteiger charge is 2.13. The molecular weight excluding hydrogens is 344 g/mol. The standard InChI is InChI=1S/C17H20N2O5S/c1-22-14-5-4-6-15(23-2)13(14)7-8-25(20,21)11-12-9-16(24-3)17(18)19-10-12/h4-10H,11H2,1-3H3,(H2,18,19)/b8-7+. The van der Waals surface area contributed by atoms with Crippen LogP contribution in [-0.2, 0) is 15.6 Å². The molecule has 0 spiro atoms. The van der Waals surface area contributed by atoms with Gasteiger partial charge in [0.15, 0.2) is 21.4 Å². The normalized spacial score (nSPS) is 11.5. The van der Waals surface area contributed by atoms with Crippen LogP contribution in [0.1, 0.15) is 11.1 Å². The summed E-state index contributed by atoms with van der Waals surface area (Å²) in [5.74, 6) is 1.34. The average Bonchev–Trinajstić information content (AvgIpc) is 2.60. The van der Waals surface area contributed by atoms with Crippen molar-refractivity contribution < 1.29 is 22.6 Å². The van der Waals surface area contributed by atoms with Gasteiger partial charge in [0.1, 0.15) is 11.5 Å². The van der Waals surface area contributed by atoms with E-state index in [0.717, 1.165) is 5.41 Å². The minimum Gasteiger partial charge on any atom is -0.496 e. The van der Waals surface area contributed by atoms with Crippen LogP contribution in [0.2, 0.25) is 0 Å². The molecule has 0 saturated heterocycles. The lowest BCUT2D eigenvalue weighted by atomic mass is 10.2. The van der Waals surface area contributed by atoms with Crippen molar-refractivity contribution in [1.29, 1.82) is 0 Å². The number of benzene rings is 1. The number of rotatable bonds is 7. The Morgan fingerprint density at radius 1 is 1.08 bits per heavy atom. The van der Waals surface area contributed by atoms with Crippen molar-refractivity contribution in [3.05, 3.63) is 47.0 Å². The van der Waals surface area contributed by atoms with Crippen LogP contribution in [0.3, 0.4) is 0 Å². The minimum atomic E-state index is -3.55. The first kappa shape index (κ1) is 18.6. The Balaban J connectivity index is 2.29. The highest BCUT2D eigenvalue weighted by atomic mass is 32.2. The molecule has 0 atom stereocenters. The molecule has 134 valence electrons. The van der Waals surface area contributed by atoms with Crippen LogP contribution in [0.4, 0.5) is 5.82 Å². The maximum absolute atomic E-state index is 12.4. The Morgan fingerprint density at radius 2 is 1.68 bits per heavy atom. The fourth-order valence-corrected chi connectivity index (χ4v) is 3.30. The number of hydrogen-bond donors (Lipinski definition) is 1. The van der Waals surface area contributed by atoms with Gasteiger partial charge in [-0.2, -0.15) is 0 Å². The van der Waals surface area contributed by atoms with Gasteiger partial charge < -0.3 is 19.9 Å². The molecule has 0 aliphatic heterocycles. The summed E-state index contributed by atoms with van der Waals surface area (Å²) in [5.41, 5.74) is 6.66. The van der Waals surface area contributed by atoms with Crippen LogP contribution in [0, 0.1) is 0 Å². The van der Waals surface area contributed by atoms with Gasteiger partial charge in [-0.25, -0.2) is 13.4 Å². The number of nitrogens with two attached hydrogens (primary N) is 1. The van der Waals surface area contributed by atoms with E-state index in [1.165, 1.54) is 33.6 Å². The van der Waals surface area contributed by atoms with Crippen LogP contribution < -0.4 is 19.9 Å². The van der Waals surface area contributed by atoms with E-state index in [-0.39, 0.29) is 11.6 Å². The third-order valence-electron chi connectivity index (χ3n) is 3.43. The second kappa shape index (κ2) is 7.89. The third kappa shape index (κ3) is 4.63. The maximum atomic E-state index is 12.4. The van der Waals surface area contributed by atoms with Gasteiger partial charge in [0.2, 0.25) is 0 Å². The molecule has 25 heavy (non-hydrogen) atoms. The molecule has 1 aromatic carbocycles. The van der Waals surface area contributed by atoms with E-state index >= 15 is 0 Å². The topological polar surface area (TPSA) is 101 Å². The summed E-state index contributed by atoms with van der Waals surface area (Å²) in [6.07, 6.45) is 2.86. The molecule has 2 N–H and O–H groups in total. The third-order valence-corrected chi connectivity index (χ3v) is 4.72. The van der Waals surface area contributed by atoms with E-state index in [1.54, 1.807) is 24.3 Å². The molecule has 0 aliphatic rings. The van der Waals surface area contributed by atoms with E-state index in [0.29, 0.717) is 28.4 Å². The number of nitrogen functional groups attached to an aromatic ring is 1. The molecule has 1 aromatic heterocycles. The van der Waals surface area contributed by atoms with Gasteiger partial charge in [-0.15, -0.1) is 0 Å². The van der Waals surface area contributed by atoms with Crippen LogP contribution >= 0.6 is 0 Å². The number of methoxy groups -OCH3 is 3. The fourth-order valence-electron chi connectivity index (χ4n) is 2.23. The van der Waals surface area contributed by atoms with Gasteiger partial charge >= 0.3 is 0 Å². The molecule has 0 saturated carbocycles. The molecule has 7 nitrogen and oxygen atoms in total. The molecule has 2 aromatic rings. The Morgan fingerprint density at radius 3 is 2.24 bits per heavy atom. The molecule has 8 heteroatoms. The molecule has 2 rings (SSSR count). The summed E-state index contributed by atoms with van der Waals surface area (Å²) in [6, 6.07) is 6.76. The van der Waals surface area contributed by atoms with E-state index in [2.05, 4.69) is 4.98 Å². The first-order chi connectivity index (χ1) is 11.9. The van der Waals surface area contributed by atoms with Crippen molar-refractivity contribution in [2.75, 3.05) is 27.1 Å². The van der Waals surface area contributed by atoms with Crippen molar-refractivity contribution in [2.45, 2.75) is 5.75 Å². The Labute approximate surface area is 147 Å². The van der Waals surface area contributed by atoms with E-state index in [9.17, 15) is 8.42 Å². The second-order valence-electron chi connectivity index (χ2n) is 5.12. The molecule has 0 fully saturated rings. The average molecular weight is 364 g/mol. The smallest absolute Gasteiger partial charge is 0.175 e. The zero-order chi connectivity index (χ0) is 18.4. The van der Waals surface area contributed by atoms with E-state index < -0.39 is 9.84 Å². The molecule has 0 aliphatic carbocycles. The van der Waals surface area contributed by atoms with Gasteiger partial charge in [0.05, 0.1) is 32.6 Å². The van der Waals surface area contributed by atoms with E-state index in [1.807, 2.05) is 0 Å². The maximum Gasteiger partial charge on any atom is 0.175 e. The number of nitrogens with zero attached hydrogens (tertiary/aromatic N) is 1. The zero-order valence-electron chi connectivity index (χ0n) is 14.2. The van der Waals surface area contributed by atoms with Gasteiger partial charge in [0, 0.05) is 11.6 Å². The van der Waals surface area contributed by atoms with Crippen LogP contribution in [0.15, 0.2) is 35.9 Å². The number of pyridine rings is 1. The second-order valence-corrected chi connectivity index (χ2v) is 7.00. The van der Waals surface area contributed by atoms with Gasteiger partial charge in [-0.3, -0.25) is 0 Å². The summed E-state index contributed by atoms with van der Waals surface area (Å²) in [4.78, 5) is 3.93. The lowest BCUT2D eigenvalue weighted by Crippen LogP contribution is -2.03. The summed E-state index contributed by atoms with van der Waals surface area (Å²) >= 11 is 0. The van der Waals surface area contributed by atoms with Crippen molar-refractivity contribution in [3.8, 4) is 17.2 Å². The molecule has 1 heterocycles. The lowest BCUT2D eigenvalue weighted by Gasteiger charge is -2.09. The summed E-state index contributed by atoms with van der Waals surface area (Å²) in [7, 11) is 0.909. The summed E-state index contributed by atoms with van der Waals surface area (Å²) < 4.78 is 40.3. The van der Waals surface area contributed by atoms with Crippen LogP contribution in [-0.4, -0.2) is 34.7 Å². The van der Waals surface area contributed by atoms with Crippen molar-refractivity contribution in [1.82, 2.24) is 4.98 Å². The van der Waals surface area contributed by atoms with Crippen molar-refractivity contribution >= 4 is 21.7 Å². The monoisotopic (exact) mass is 364 g/mol. The largest absolute Gasteiger partial charge is 0.496 e. The van der Waals surface area contributed by atoms with Gasteiger partial charge in [-0.05, 0) is 29.8 Å². The first-order valence-corrected chi connectivity index (χ1v) is 9.02. The van der Waals surface area contributed by atoms with Gasteiger partial charge in [-0.1, -0.05) is 6.07 Å². The number of aromatic nitrogens is 1. The highest BCUT2D eigenvalue weighted by Crippen LogP contribution is 2.30. The summed E-state index contributed by atoms with van der Waals surface area (Å²) in [6.45, 7) is 0. The van der Waals surface area contributed by atoms with Crippen molar-refractivity contribution in [3.63, 3.8) is 0 Å². The first-order valence-electron chi connectivity index (χ1n) is 7.30. The van der Waals surface area contributed by atoms with Crippen LogP contribution in [0.25, 0.3) is 6.08 Å². The predicted molar refractivity (Wildman–Crippen MR) is 96.4 cm³/mol. The Kier molecular flexibility index (Phi) is 5.87. The number of sulfone groups is 1. The quantitative estimate of drug-likeness (QED) is 0.804. The molecule has 0 radical (unpaired) electrons. The van der Waals surface area contributed by atoms with E-state index in [4.69, 9.17) is 19.9 Å². The highest BCUT2D eigenvalue weighted by molar-refractivity contribution is 7.93. The Hall–Kier alpha value is -2.74. The minimum absolute atomic E-state index is 0.206. The van der Waals surface area contributed by atoms with Crippen molar-refractivity contribution in [2.24, 2.45) is 0 Å². The molecule has 0 amide bonds. The molecule has 0 bridgehead atoms. The summed E-state index contributed by atoms with van der Waals surface area (Å²) in [5, 5.41) is 1.12.